The van der Waals surface area contributed by atoms with Crippen molar-refractivity contribution in [1.29, 1.82) is 5.26 Å². The monoisotopic (exact) mass is 316 g/mol. The van der Waals surface area contributed by atoms with E-state index in [1.54, 1.807) is 0 Å². The molecule has 0 unspecified atom stereocenters. The number of rotatable bonds is 1. The van der Waals surface area contributed by atoms with Gasteiger partial charge in [0.25, 0.3) is 0 Å². The topological polar surface area (TPSA) is 36.7 Å². The molecule has 0 aliphatic heterocycles. The third-order valence-corrected chi connectivity index (χ3v) is 2.83. The quantitative estimate of drug-likeness (QED) is 0.718. The highest BCUT2D eigenvalue weighted by Crippen LogP contribution is 2.34. The highest BCUT2D eigenvalue weighted by molar-refractivity contribution is 5.65. The molecule has 2 nitrogen and oxygen atoms in total. The lowest BCUT2D eigenvalue weighted by molar-refractivity contribution is -0.141. The molecule has 8 heteroatoms. The van der Waals surface area contributed by atoms with Crippen LogP contribution in [0.4, 0.5) is 26.3 Å². The summed E-state index contributed by atoms with van der Waals surface area (Å²) in [5.74, 6) is 0. The molecule has 22 heavy (non-hydrogen) atoms. The highest BCUT2D eigenvalue weighted by atomic mass is 19.4. The summed E-state index contributed by atoms with van der Waals surface area (Å²) < 4.78 is 75.2. The summed E-state index contributed by atoms with van der Waals surface area (Å²) >= 11 is 0. The van der Waals surface area contributed by atoms with Gasteiger partial charge in [0.15, 0.2) is 0 Å². The van der Waals surface area contributed by atoms with Gasteiger partial charge in [-0.25, -0.2) is 0 Å². The van der Waals surface area contributed by atoms with Crippen molar-refractivity contribution in [3.05, 3.63) is 53.3 Å². The highest BCUT2D eigenvalue weighted by Gasteiger charge is 2.34. The second-order valence-electron chi connectivity index (χ2n) is 4.30. The zero-order valence-electron chi connectivity index (χ0n) is 10.6. The number of hydrogen-bond acceptors (Lipinski definition) is 2. The van der Waals surface area contributed by atoms with Gasteiger partial charge in [-0.3, -0.25) is 4.98 Å². The van der Waals surface area contributed by atoms with Gasteiger partial charge in [-0.2, -0.15) is 31.6 Å². The van der Waals surface area contributed by atoms with Crippen LogP contribution in [0.25, 0.3) is 11.1 Å². The van der Waals surface area contributed by atoms with E-state index in [2.05, 4.69) is 4.98 Å². The number of hydrogen-bond donors (Lipinski definition) is 0. The van der Waals surface area contributed by atoms with Crippen LogP contribution in [0.15, 0.2) is 36.5 Å². The van der Waals surface area contributed by atoms with Crippen molar-refractivity contribution in [2.45, 2.75) is 12.4 Å². The average molecular weight is 316 g/mol. The molecule has 1 aromatic heterocycles. The zero-order valence-corrected chi connectivity index (χ0v) is 10.6. The van der Waals surface area contributed by atoms with Crippen LogP contribution < -0.4 is 0 Å². The van der Waals surface area contributed by atoms with Crippen LogP contribution in [0.2, 0.25) is 0 Å². The Morgan fingerprint density at radius 1 is 0.864 bits per heavy atom. The van der Waals surface area contributed by atoms with Gasteiger partial charge in [0.2, 0.25) is 0 Å². The molecule has 0 fully saturated rings. The summed E-state index contributed by atoms with van der Waals surface area (Å²) in [6.45, 7) is 0. The van der Waals surface area contributed by atoms with E-state index in [9.17, 15) is 26.3 Å². The number of pyridine rings is 1. The Labute approximate surface area is 120 Å². The van der Waals surface area contributed by atoms with E-state index in [0.29, 0.717) is 6.07 Å². The van der Waals surface area contributed by atoms with E-state index in [4.69, 9.17) is 5.26 Å². The van der Waals surface area contributed by atoms with E-state index in [0.717, 1.165) is 30.5 Å². The molecule has 114 valence electrons. The molecule has 1 aromatic carbocycles. The van der Waals surface area contributed by atoms with Crippen LogP contribution in [0.5, 0.6) is 0 Å². The Bertz CT molecular complexity index is 723. The smallest absolute Gasteiger partial charge is 0.251 e. The molecule has 0 radical (unpaired) electrons. The van der Waals surface area contributed by atoms with Crippen molar-refractivity contribution in [2.24, 2.45) is 0 Å². The molecule has 2 rings (SSSR count). The molecule has 0 spiro atoms. The zero-order chi connectivity index (χ0) is 16.5. The summed E-state index contributed by atoms with van der Waals surface area (Å²) in [4.78, 5) is 3.22. The molecular formula is C14H6F6N2. The van der Waals surface area contributed by atoms with Gasteiger partial charge in [-0.1, -0.05) is 12.1 Å². The third kappa shape index (κ3) is 3.19. The number of aromatic nitrogens is 1. The predicted molar refractivity (Wildman–Crippen MR) is 64.4 cm³/mol. The van der Waals surface area contributed by atoms with Gasteiger partial charge in [-0.05, 0) is 23.8 Å². The third-order valence-electron chi connectivity index (χ3n) is 2.83. The fourth-order valence-corrected chi connectivity index (χ4v) is 1.80. The van der Waals surface area contributed by atoms with Crippen LogP contribution >= 0.6 is 0 Å². The van der Waals surface area contributed by atoms with E-state index < -0.39 is 29.2 Å². The maximum absolute atomic E-state index is 12.7. The predicted octanol–water partition coefficient (Wildman–Crippen LogP) is 4.66. The minimum Gasteiger partial charge on any atom is -0.251 e. The number of alkyl halides is 6. The molecule has 1 heterocycles. The summed E-state index contributed by atoms with van der Waals surface area (Å²) in [5, 5.41) is 8.79. The second-order valence-corrected chi connectivity index (χ2v) is 4.30. The van der Waals surface area contributed by atoms with Crippen LogP contribution in [-0.2, 0) is 12.4 Å². The molecule has 0 bridgehead atoms. The molecule has 2 aromatic rings. The number of nitriles is 1. The maximum Gasteiger partial charge on any atom is 0.433 e. The Morgan fingerprint density at radius 2 is 1.50 bits per heavy atom. The molecular weight excluding hydrogens is 310 g/mol. The van der Waals surface area contributed by atoms with Gasteiger partial charge >= 0.3 is 12.4 Å². The minimum atomic E-state index is -4.68. The first-order valence-corrected chi connectivity index (χ1v) is 5.78. The number of nitrogens with zero attached hydrogens (tertiary/aromatic N) is 2. The second kappa shape index (κ2) is 5.33. The van der Waals surface area contributed by atoms with Crippen LogP contribution in [-0.4, -0.2) is 4.98 Å². The Balaban J connectivity index is 2.45. The van der Waals surface area contributed by atoms with E-state index in [1.165, 1.54) is 6.07 Å². The molecule has 0 aliphatic rings. The van der Waals surface area contributed by atoms with Gasteiger partial charge in [0.05, 0.1) is 17.2 Å². The summed E-state index contributed by atoms with van der Waals surface area (Å²) in [7, 11) is 0. The first kappa shape index (κ1) is 15.8. The summed E-state index contributed by atoms with van der Waals surface area (Å²) in [6, 6.07) is 5.99. The van der Waals surface area contributed by atoms with Crippen molar-refractivity contribution < 1.29 is 26.3 Å². The first-order valence-electron chi connectivity index (χ1n) is 5.78. The SMILES string of the molecule is N#Cc1cc(-c2ccc(C(F)(F)F)nc2)ccc1C(F)(F)F. The fraction of sp³-hybridized carbons (Fsp3) is 0.143. The first-order chi connectivity index (χ1) is 10.1. The molecule has 0 saturated heterocycles. The normalized spacial score (nSPS) is 12.0. The van der Waals surface area contributed by atoms with Gasteiger partial charge in [0, 0.05) is 11.8 Å². The van der Waals surface area contributed by atoms with Crippen molar-refractivity contribution in [2.75, 3.05) is 0 Å². The maximum atomic E-state index is 12.7. The fourth-order valence-electron chi connectivity index (χ4n) is 1.80. The number of benzene rings is 1. The Kier molecular flexibility index (Phi) is 3.83. The lowest BCUT2D eigenvalue weighted by atomic mass is 10.0. The van der Waals surface area contributed by atoms with Crippen LogP contribution in [0.1, 0.15) is 16.8 Å². The average Bonchev–Trinajstić information content (AvgIpc) is 2.45. The van der Waals surface area contributed by atoms with Crippen molar-refractivity contribution >= 4 is 0 Å². The van der Waals surface area contributed by atoms with Crippen LogP contribution in [0, 0.1) is 11.3 Å². The van der Waals surface area contributed by atoms with Gasteiger partial charge < -0.3 is 0 Å². The summed E-state index contributed by atoms with van der Waals surface area (Å²) in [5.41, 5.74) is -2.46. The molecule has 0 aliphatic carbocycles. The molecule has 0 N–H and O–H groups in total. The molecule has 0 amide bonds. The minimum absolute atomic E-state index is 0.172. The van der Waals surface area contributed by atoms with Crippen LogP contribution in [0.3, 0.4) is 0 Å². The van der Waals surface area contributed by atoms with Crippen molar-refractivity contribution in [3.63, 3.8) is 0 Å². The Morgan fingerprint density at radius 3 is 1.95 bits per heavy atom. The molecule has 0 atom stereocenters. The van der Waals surface area contributed by atoms with E-state index in [-0.39, 0.29) is 11.1 Å². The summed E-state index contributed by atoms with van der Waals surface area (Å²) in [6.07, 6.45) is -8.38. The van der Waals surface area contributed by atoms with Gasteiger partial charge in [0.1, 0.15) is 5.69 Å². The van der Waals surface area contributed by atoms with E-state index >= 15 is 0 Å². The van der Waals surface area contributed by atoms with Gasteiger partial charge in [-0.15, -0.1) is 0 Å². The standard InChI is InChI=1S/C14H6F6N2/c15-13(16,17)11-3-1-8(5-10(11)6-21)9-2-4-12(22-7-9)14(18,19)20/h1-5,7H. The lowest BCUT2D eigenvalue weighted by Crippen LogP contribution is -2.08. The van der Waals surface area contributed by atoms with E-state index in [1.807, 2.05) is 0 Å². The lowest BCUT2D eigenvalue weighted by Gasteiger charge is -2.11. The Hall–Kier alpha value is -2.56. The largest absolute Gasteiger partial charge is 0.433 e. The van der Waals surface area contributed by atoms with Crippen molar-refractivity contribution in [1.82, 2.24) is 4.98 Å². The molecule has 0 saturated carbocycles. The number of halogens is 6. The van der Waals surface area contributed by atoms with Crippen molar-refractivity contribution in [3.8, 4) is 17.2 Å².